The summed E-state index contributed by atoms with van der Waals surface area (Å²) in [4.78, 5) is 0.0700. The Bertz CT molecular complexity index is 870. The van der Waals surface area contributed by atoms with Gasteiger partial charge in [0, 0.05) is 19.2 Å². The fraction of sp³-hybridized carbons (Fsp3) is 0.333. The lowest BCUT2D eigenvalue weighted by molar-refractivity contribution is -0.00262. The molecule has 0 radical (unpaired) electrons. The maximum Gasteiger partial charge on any atom is 0.246 e. The fourth-order valence-corrected chi connectivity index (χ4v) is 4.41. The van der Waals surface area contributed by atoms with Gasteiger partial charge in [-0.05, 0) is 29.8 Å². The van der Waals surface area contributed by atoms with Gasteiger partial charge in [-0.2, -0.15) is 4.31 Å². The first-order valence-electron chi connectivity index (χ1n) is 8.05. The normalized spacial score (nSPS) is 18.5. The molecule has 1 fully saturated rings. The Labute approximate surface area is 152 Å². The van der Waals surface area contributed by atoms with Crippen LogP contribution >= 0.6 is 0 Å². The molecule has 1 saturated heterocycles. The zero-order valence-electron chi connectivity index (χ0n) is 14.5. The molecule has 140 valence electrons. The Kier molecular flexibility index (Phi) is 5.45. The summed E-state index contributed by atoms with van der Waals surface area (Å²) >= 11 is 0. The van der Waals surface area contributed by atoms with Crippen LogP contribution in [0.4, 0.5) is 4.39 Å². The first kappa shape index (κ1) is 18.6. The van der Waals surface area contributed by atoms with Crippen LogP contribution in [0.2, 0.25) is 0 Å². The van der Waals surface area contributed by atoms with Crippen molar-refractivity contribution in [2.75, 3.05) is 33.9 Å². The summed E-state index contributed by atoms with van der Waals surface area (Å²) in [5.41, 5.74) is 0.730. The van der Waals surface area contributed by atoms with Gasteiger partial charge >= 0.3 is 0 Å². The first-order valence-corrected chi connectivity index (χ1v) is 9.49. The third-order valence-corrected chi connectivity index (χ3v) is 6.16. The van der Waals surface area contributed by atoms with E-state index >= 15 is 0 Å². The number of nitrogens with zero attached hydrogens (tertiary/aromatic N) is 1. The summed E-state index contributed by atoms with van der Waals surface area (Å²) in [6.45, 7) is 0.623. The van der Waals surface area contributed by atoms with Crippen LogP contribution in [0, 0.1) is 5.82 Å². The molecule has 8 heteroatoms. The van der Waals surface area contributed by atoms with E-state index in [2.05, 4.69) is 0 Å². The molecular weight excluding hydrogens is 361 g/mol. The van der Waals surface area contributed by atoms with E-state index in [4.69, 9.17) is 14.2 Å². The third kappa shape index (κ3) is 3.67. The number of hydrogen-bond donors (Lipinski definition) is 0. The molecule has 0 saturated carbocycles. The number of ether oxygens (including phenoxy) is 3. The van der Waals surface area contributed by atoms with Gasteiger partial charge in [-0.1, -0.05) is 12.1 Å². The first-order chi connectivity index (χ1) is 12.5. The largest absolute Gasteiger partial charge is 0.497 e. The molecule has 0 bridgehead atoms. The second-order valence-electron chi connectivity index (χ2n) is 5.79. The van der Waals surface area contributed by atoms with Crippen molar-refractivity contribution >= 4 is 10.0 Å². The molecule has 6 nitrogen and oxygen atoms in total. The third-order valence-electron chi connectivity index (χ3n) is 4.26. The van der Waals surface area contributed by atoms with Crippen molar-refractivity contribution in [3.63, 3.8) is 0 Å². The van der Waals surface area contributed by atoms with Crippen LogP contribution in [0.5, 0.6) is 11.5 Å². The van der Waals surface area contributed by atoms with E-state index in [1.165, 1.54) is 42.8 Å². The maximum absolute atomic E-state index is 13.1. The molecule has 3 rings (SSSR count). The average Bonchev–Trinajstić information content (AvgIpc) is 2.68. The Morgan fingerprint density at radius 1 is 1.12 bits per heavy atom. The second-order valence-corrected chi connectivity index (χ2v) is 7.70. The highest BCUT2D eigenvalue weighted by Crippen LogP contribution is 2.33. The fourth-order valence-electron chi connectivity index (χ4n) is 2.85. The van der Waals surface area contributed by atoms with Crippen LogP contribution in [-0.4, -0.2) is 46.6 Å². The van der Waals surface area contributed by atoms with Crippen LogP contribution in [0.3, 0.4) is 0 Å². The SMILES string of the molecule is COc1ccc(S(=O)(=O)N2CCOC(c3ccc(F)cc3)C2)c(OC)c1. The predicted octanol–water partition coefficient (Wildman–Crippen LogP) is 2.61. The van der Waals surface area contributed by atoms with Gasteiger partial charge in [0.2, 0.25) is 10.0 Å². The van der Waals surface area contributed by atoms with Crippen molar-refractivity contribution < 1.29 is 27.0 Å². The average molecular weight is 381 g/mol. The number of halogens is 1. The molecule has 2 aromatic carbocycles. The summed E-state index contributed by atoms with van der Waals surface area (Å²) in [6.07, 6.45) is -0.455. The molecule has 0 amide bonds. The van der Waals surface area contributed by atoms with Crippen molar-refractivity contribution in [1.82, 2.24) is 4.31 Å². The Morgan fingerprint density at radius 2 is 1.85 bits per heavy atom. The van der Waals surface area contributed by atoms with E-state index in [1.54, 1.807) is 18.2 Å². The lowest BCUT2D eigenvalue weighted by Crippen LogP contribution is -2.42. The van der Waals surface area contributed by atoms with Crippen molar-refractivity contribution in [2.45, 2.75) is 11.0 Å². The number of morpholine rings is 1. The molecule has 1 unspecified atom stereocenters. The Morgan fingerprint density at radius 3 is 2.50 bits per heavy atom. The van der Waals surface area contributed by atoms with Crippen molar-refractivity contribution in [3.8, 4) is 11.5 Å². The quantitative estimate of drug-likeness (QED) is 0.797. The molecule has 1 atom stereocenters. The van der Waals surface area contributed by atoms with Crippen molar-refractivity contribution in [1.29, 1.82) is 0 Å². The monoisotopic (exact) mass is 381 g/mol. The van der Waals surface area contributed by atoms with Crippen molar-refractivity contribution in [2.24, 2.45) is 0 Å². The van der Waals surface area contributed by atoms with E-state index in [0.29, 0.717) is 5.75 Å². The van der Waals surface area contributed by atoms with Gasteiger partial charge in [0.25, 0.3) is 0 Å². The van der Waals surface area contributed by atoms with Crippen LogP contribution < -0.4 is 9.47 Å². The molecule has 0 spiro atoms. The van der Waals surface area contributed by atoms with Gasteiger partial charge in [0.05, 0.1) is 26.9 Å². The van der Waals surface area contributed by atoms with Gasteiger partial charge in [-0.3, -0.25) is 0 Å². The van der Waals surface area contributed by atoms with Crippen LogP contribution in [0.1, 0.15) is 11.7 Å². The molecule has 0 aromatic heterocycles. The van der Waals surface area contributed by atoms with Gasteiger partial charge < -0.3 is 14.2 Å². The minimum absolute atomic E-state index is 0.0700. The smallest absolute Gasteiger partial charge is 0.246 e. The van der Waals surface area contributed by atoms with Crippen LogP contribution in [0.15, 0.2) is 47.4 Å². The Hall–Kier alpha value is -2.16. The Balaban J connectivity index is 1.88. The highest BCUT2D eigenvalue weighted by atomic mass is 32.2. The molecular formula is C18H20FNO5S. The molecule has 1 aliphatic rings. The zero-order chi connectivity index (χ0) is 18.7. The highest BCUT2D eigenvalue weighted by Gasteiger charge is 2.33. The molecule has 1 aliphatic heterocycles. The van der Waals surface area contributed by atoms with E-state index < -0.39 is 16.1 Å². The summed E-state index contributed by atoms with van der Waals surface area (Å²) in [6, 6.07) is 10.4. The summed E-state index contributed by atoms with van der Waals surface area (Å²) in [5.74, 6) is 0.373. The summed E-state index contributed by atoms with van der Waals surface area (Å²) < 4.78 is 56.7. The molecule has 26 heavy (non-hydrogen) atoms. The minimum atomic E-state index is -3.78. The van der Waals surface area contributed by atoms with Crippen LogP contribution in [0.25, 0.3) is 0 Å². The molecule has 2 aromatic rings. The van der Waals surface area contributed by atoms with Gasteiger partial charge in [0.1, 0.15) is 22.2 Å². The number of rotatable bonds is 5. The summed E-state index contributed by atoms with van der Waals surface area (Å²) in [7, 11) is -0.871. The van der Waals surface area contributed by atoms with E-state index in [-0.39, 0.29) is 36.2 Å². The topological polar surface area (TPSA) is 65.1 Å². The number of benzene rings is 2. The lowest BCUT2D eigenvalue weighted by atomic mass is 10.1. The molecule has 1 heterocycles. The lowest BCUT2D eigenvalue weighted by Gasteiger charge is -2.32. The number of sulfonamides is 1. The highest BCUT2D eigenvalue weighted by molar-refractivity contribution is 7.89. The molecule has 0 aliphatic carbocycles. The number of methoxy groups -OCH3 is 2. The van der Waals surface area contributed by atoms with E-state index in [9.17, 15) is 12.8 Å². The van der Waals surface area contributed by atoms with E-state index in [1.807, 2.05) is 0 Å². The second kappa shape index (κ2) is 7.61. The summed E-state index contributed by atoms with van der Waals surface area (Å²) in [5, 5.41) is 0. The van der Waals surface area contributed by atoms with E-state index in [0.717, 1.165) is 5.56 Å². The standard InChI is InChI=1S/C18H20FNO5S/c1-23-15-7-8-18(16(11-15)24-2)26(21,22)20-9-10-25-17(12-20)13-3-5-14(19)6-4-13/h3-8,11,17H,9-10,12H2,1-2H3. The zero-order valence-corrected chi connectivity index (χ0v) is 15.3. The predicted molar refractivity (Wildman–Crippen MR) is 93.4 cm³/mol. The maximum atomic E-state index is 13.1. The van der Waals surface area contributed by atoms with Crippen LogP contribution in [-0.2, 0) is 14.8 Å². The number of hydrogen-bond acceptors (Lipinski definition) is 5. The minimum Gasteiger partial charge on any atom is -0.497 e. The van der Waals surface area contributed by atoms with Gasteiger partial charge in [0.15, 0.2) is 0 Å². The molecule has 0 N–H and O–H groups in total. The van der Waals surface area contributed by atoms with Gasteiger partial charge in [-0.15, -0.1) is 0 Å². The van der Waals surface area contributed by atoms with Gasteiger partial charge in [-0.25, -0.2) is 12.8 Å². The van der Waals surface area contributed by atoms with Crippen molar-refractivity contribution in [3.05, 3.63) is 53.8 Å².